The number of ether oxygens (including phenoxy) is 2. The van der Waals surface area contributed by atoms with Crippen molar-refractivity contribution in [3.05, 3.63) is 65.9 Å². The molecule has 0 amide bonds. The fourth-order valence-electron chi connectivity index (χ4n) is 3.58. The van der Waals surface area contributed by atoms with Gasteiger partial charge in [0.2, 0.25) is 5.88 Å². The number of benzene rings is 2. The average molecular weight is 424 g/mol. The van der Waals surface area contributed by atoms with Gasteiger partial charge in [-0.1, -0.05) is 44.2 Å². The molecular weight excluding hydrogens is 390 g/mol. The molecule has 3 rings (SSSR count). The third-order valence-electron chi connectivity index (χ3n) is 5.28. The lowest BCUT2D eigenvalue weighted by Gasteiger charge is -2.24. The third kappa shape index (κ3) is 5.66. The second-order valence-electron chi connectivity index (χ2n) is 7.67. The van der Waals surface area contributed by atoms with E-state index in [0.29, 0.717) is 30.5 Å². The maximum absolute atomic E-state index is 10.2. The van der Waals surface area contributed by atoms with E-state index in [1.54, 1.807) is 7.11 Å². The highest BCUT2D eigenvalue weighted by Gasteiger charge is 2.23. The lowest BCUT2D eigenvalue weighted by molar-refractivity contribution is 0.105. The summed E-state index contributed by atoms with van der Waals surface area (Å²) in [5.41, 5.74) is 2.84. The molecule has 0 radical (unpaired) electrons. The van der Waals surface area contributed by atoms with E-state index >= 15 is 0 Å². The number of hydrogen-bond acceptors (Lipinski definition) is 5. The first-order chi connectivity index (χ1) is 15.1. The molecule has 0 saturated carbocycles. The van der Waals surface area contributed by atoms with Gasteiger partial charge in [0.25, 0.3) is 0 Å². The zero-order valence-corrected chi connectivity index (χ0v) is 18.9. The Hall–Kier alpha value is -2.83. The zero-order valence-electron chi connectivity index (χ0n) is 18.9. The number of rotatable bonds is 11. The molecule has 6 nitrogen and oxygen atoms in total. The van der Waals surface area contributed by atoms with Gasteiger partial charge in [-0.05, 0) is 50.6 Å². The number of aryl methyl sites for hydroxylation is 1. The monoisotopic (exact) mass is 423 g/mol. The molecule has 31 heavy (non-hydrogen) atoms. The Morgan fingerprint density at radius 2 is 1.71 bits per heavy atom. The van der Waals surface area contributed by atoms with Gasteiger partial charge >= 0.3 is 0 Å². The first kappa shape index (κ1) is 22.8. The molecule has 0 spiro atoms. The third-order valence-corrected chi connectivity index (χ3v) is 5.28. The van der Waals surface area contributed by atoms with Crippen LogP contribution in [-0.4, -0.2) is 46.1 Å². The van der Waals surface area contributed by atoms with Crippen molar-refractivity contribution in [3.8, 4) is 23.1 Å². The van der Waals surface area contributed by atoms with Crippen molar-refractivity contribution in [2.24, 2.45) is 0 Å². The van der Waals surface area contributed by atoms with Crippen molar-refractivity contribution in [1.82, 2.24) is 14.7 Å². The van der Waals surface area contributed by atoms with Crippen LogP contribution in [0.25, 0.3) is 5.69 Å². The number of aliphatic hydroxyl groups is 1. The van der Waals surface area contributed by atoms with Gasteiger partial charge in [-0.25, -0.2) is 4.68 Å². The molecule has 1 N–H and O–H groups in total. The lowest BCUT2D eigenvalue weighted by Crippen LogP contribution is -2.32. The molecule has 3 aromatic rings. The van der Waals surface area contributed by atoms with Crippen LogP contribution in [0.1, 0.15) is 37.9 Å². The summed E-state index contributed by atoms with van der Waals surface area (Å²) in [5, 5.41) is 15.1. The van der Waals surface area contributed by atoms with Crippen LogP contribution in [0.15, 0.2) is 54.6 Å². The molecule has 0 bridgehead atoms. The highest BCUT2D eigenvalue weighted by Crippen LogP contribution is 2.36. The van der Waals surface area contributed by atoms with Gasteiger partial charge in [0.15, 0.2) is 11.5 Å². The Kier molecular flexibility index (Phi) is 8.09. The van der Waals surface area contributed by atoms with Crippen LogP contribution in [0, 0.1) is 6.92 Å². The molecule has 0 aliphatic rings. The molecule has 0 fully saturated rings. The van der Waals surface area contributed by atoms with E-state index in [4.69, 9.17) is 14.6 Å². The quantitative estimate of drug-likeness (QED) is 0.472. The largest absolute Gasteiger partial charge is 0.493 e. The number of aromatic nitrogens is 2. The second-order valence-corrected chi connectivity index (χ2v) is 7.67. The predicted octanol–water partition coefficient (Wildman–Crippen LogP) is 4.96. The minimum absolute atomic E-state index is 0.352. The summed E-state index contributed by atoms with van der Waals surface area (Å²) in [6.45, 7) is 8.31. The molecule has 2 aromatic carbocycles. The molecule has 0 aliphatic carbocycles. The summed E-state index contributed by atoms with van der Waals surface area (Å²) in [7, 11) is 1.64. The van der Waals surface area contributed by atoms with Crippen LogP contribution in [0.3, 0.4) is 0 Å². The minimum Gasteiger partial charge on any atom is -0.493 e. The van der Waals surface area contributed by atoms with E-state index < -0.39 is 0 Å². The molecule has 6 heteroatoms. The zero-order chi connectivity index (χ0) is 22.2. The van der Waals surface area contributed by atoms with Crippen LogP contribution < -0.4 is 9.47 Å². The Bertz CT molecular complexity index is 956. The SMILES string of the molecule is CCCN(Cc1c(C)nn(-c2ccccc2)c1Oc1ccccc1OC)CC(O)CC. The fraction of sp³-hybridized carbons (Fsp3) is 0.400. The smallest absolute Gasteiger partial charge is 0.227 e. The highest BCUT2D eigenvalue weighted by molar-refractivity contribution is 5.47. The number of methoxy groups -OCH3 is 1. The summed E-state index contributed by atoms with van der Waals surface area (Å²) >= 11 is 0. The summed E-state index contributed by atoms with van der Waals surface area (Å²) in [6, 6.07) is 17.6. The summed E-state index contributed by atoms with van der Waals surface area (Å²) in [5.74, 6) is 1.97. The number of nitrogens with zero attached hydrogens (tertiary/aromatic N) is 3. The first-order valence-corrected chi connectivity index (χ1v) is 10.9. The van der Waals surface area contributed by atoms with Crippen molar-refractivity contribution in [1.29, 1.82) is 0 Å². The van der Waals surface area contributed by atoms with E-state index in [-0.39, 0.29) is 6.10 Å². The highest BCUT2D eigenvalue weighted by atomic mass is 16.5. The molecule has 1 heterocycles. The van der Waals surface area contributed by atoms with Crippen molar-refractivity contribution < 1.29 is 14.6 Å². The van der Waals surface area contributed by atoms with Gasteiger partial charge in [0.1, 0.15) is 0 Å². The maximum Gasteiger partial charge on any atom is 0.227 e. The van der Waals surface area contributed by atoms with Gasteiger partial charge in [0, 0.05) is 13.1 Å². The predicted molar refractivity (Wildman–Crippen MR) is 123 cm³/mol. The van der Waals surface area contributed by atoms with Gasteiger partial charge in [-0.15, -0.1) is 0 Å². The van der Waals surface area contributed by atoms with Crippen molar-refractivity contribution >= 4 is 0 Å². The van der Waals surface area contributed by atoms with Crippen LogP contribution in [-0.2, 0) is 6.54 Å². The van der Waals surface area contributed by atoms with Crippen LogP contribution in [0.5, 0.6) is 17.4 Å². The van der Waals surface area contributed by atoms with E-state index in [9.17, 15) is 5.11 Å². The second kappa shape index (κ2) is 11.0. The van der Waals surface area contributed by atoms with Crippen LogP contribution in [0.4, 0.5) is 0 Å². The molecule has 1 unspecified atom stereocenters. The van der Waals surface area contributed by atoms with E-state index in [1.165, 1.54) is 0 Å². The van der Waals surface area contributed by atoms with E-state index in [1.807, 2.05) is 73.1 Å². The van der Waals surface area contributed by atoms with Crippen molar-refractivity contribution in [2.45, 2.75) is 46.3 Å². The van der Waals surface area contributed by atoms with Crippen LogP contribution in [0.2, 0.25) is 0 Å². The summed E-state index contributed by atoms with van der Waals surface area (Å²) in [6.07, 6.45) is 1.38. The van der Waals surface area contributed by atoms with Gasteiger partial charge in [0.05, 0.1) is 30.2 Å². The molecular formula is C25H33N3O3. The normalized spacial score (nSPS) is 12.2. The minimum atomic E-state index is -0.352. The summed E-state index contributed by atoms with van der Waals surface area (Å²) < 4.78 is 13.8. The first-order valence-electron chi connectivity index (χ1n) is 10.9. The maximum atomic E-state index is 10.2. The molecule has 0 saturated heterocycles. The molecule has 1 atom stereocenters. The molecule has 1 aromatic heterocycles. The van der Waals surface area contributed by atoms with Crippen molar-refractivity contribution in [3.63, 3.8) is 0 Å². The van der Waals surface area contributed by atoms with Crippen LogP contribution >= 0.6 is 0 Å². The average Bonchev–Trinajstić information content (AvgIpc) is 3.09. The van der Waals surface area contributed by atoms with Gasteiger partial charge in [-0.3, -0.25) is 4.90 Å². The summed E-state index contributed by atoms with van der Waals surface area (Å²) in [4.78, 5) is 2.27. The Labute approximate surface area is 185 Å². The Balaban J connectivity index is 2.04. The topological polar surface area (TPSA) is 59.8 Å². The van der Waals surface area contributed by atoms with Gasteiger partial charge < -0.3 is 14.6 Å². The van der Waals surface area contributed by atoms with E-state index in [0.717, 1.165) is 36.3 Å². The number of hydrogen-bond donors (Lipinski definition) is 1. The molecule has 0 aliphatic heterocycles. The fourth-order valence-corrected chi connectivity index (χ4v) is 3.58. The standard InChI is InChI=1S/C25H33N3O3/c1-5-16-27(17-21(29)6-2)18-22-19(3)26-28(20-12-8-7-9-13-20)25(22)31-24-15-11-10-14-23(24)30-4/h7-15,21,29H,5-6,16-18H2,1-4H3. The number of para-hydroxylation sites is 3. The molecule has 166 valence electrons. The Morgan fingerprint density at radius 3 is 2.35 bits per heavy atom. The number of aliphatic hydroxyl groups excluding tert-OH is 1. The van der Waals surface area contributed by atoms with Crippen molar-refractivity contribution in [2.75, 3.05) is 20.2 Å². The lowest BCUT2D eigenvalue weighted by atomic mass is 10.2. The Morgan fingerprint density at radius 1 is 1.03 bits per heavy atom. The van der Waals surface area contributed by atoms with Gasteiger partial charge in [-0.2, -0.15) is 5.10 Å². The van der Waals surface area contributed by atoms with E-state index in [2.05, 4.69) is 11.8 Å².